The first kappa shape index (κ1) is 22.5. The summed E-state index contributed by atoms with van der Waals surface area (Å²) in [5.41, 5.74) is 4.30. The van der Waals surface area contributed by atoms with E-state index in [0.29, 0.717) is 28.5 Å². The molecule has 33 heavy (non-hydrogen) atoms. The molecule has 3 N–H and O–H groups in total. The van der Waals surface area contributed by atoms with Gasteiger partial charge in [-0.05, 0) is 49.9 Å². The van der Waals surface area contributed by atoms with E-state index in [0.717, 1.165) is 48.4 Å². The second kappa shape index (κ2) is 9.46. The molecule has 1 aromatic carbocycles. The maximum atomic E-state index is 13.4. The maximum absolute atomic E-state index is 13.4. The fourth-order valence-electron chi connectivity index (χ4n) is 4.05. The van der Waals surface area contributed by atoms with Crippen LogP contribution in [0.1, 0.15) is 29.7 Å². The molecule has 3 heterocycles. The molecule has 0 radical (unpaired) electrons. The number of nitrogens with one attached hydrogen (secondary N) is 3. The number of aryl methyl sites for hydroxylation is 2. The van der Waals surface area contributed by atoms with E-state index in [-0.39, 0.29) is 11.6 Å². The Morgan fingerprint density at radius 1 is 1.21 bits per heavy atom. The lowest BCUT2D eigenvalue weighted by Crippen LogP contribution is -2.36. The van der Waals surface area contributed by atoms with Crippen molar-refractivity contribution < 1.29 is 9.26 Å². The second-order valence-corrected chi connectivity index (χ2v) is 8.37. The summed E-state index contributed by atoms with van der Waals surface area (Å²) in [6, 6.07) is 9.71. The third kappa shape index (κ3) is 4.75. The quantitative estimate of drug-likeness (QED) is 0.473. The highest BCUT2D eigenvalue weighted by molar-refractivity contribution is 5.88. The Hall–Kier alpha value is -3.65. The molecule has 0 amide bonds. The van der Waals surface area contributed by atoms with Crippen LogP contribution in [-0.4, -0.2) is 35.2 Å². The summed E-state index contributed by atoms with van der Waals surface area (Å²) in [5, 5.41) is 18.5. The number of pyridine rings is 1. The standard InChI is InChI=1S/C25H29N5O3/c1-15-5-6-18(23-11-16(2)29-33-23)12-21(15)22-13-19(14-26)24(30(4)25(22)31)28-17(3)27-20-7-9-32-10-8-20/h5-6,11-14,20,26-28H,3,7-10H2,1-2,4H3. The van der Waals surface area contributed by atoms with Crippen LogP contribution in [0.25, 0.3) is 22.5 Å². The molecule has 0 bridgehead atoms. The number of rotatable bonds is 7. The molecular weight excluding hydrogens is 418 g/mol. The van der Waals surface area contributed by atoms with Gasteiger partial charge in [0.2, 0.25) is 0 Å². The van der Waals surface area contributed by atoms with Crippen molar-refractivity contribution in [1.82, 2.24) is 15.0 Å². The average Bonchev–Trinajstić information content (AvgIpc) is 3.25. The van der Waals surface area contributed by atoms with Crippen LogP contribution in [0.5, 0.6) is 0 Å². The van der Waals surface area contributed by atoms with Gasteiger partial charge in [0, 0.05) is 55.3 Å². The highest BCUT2D eigenvalue weighted by Crippen LogP contribution is 2.29. The highest BCUT2D eigenvalue weighted by Gasteiger charge is 2.18. The topological polar surface area (TPSA) is 105 Å². The van der Waals surface area contributed by atoms with E-state index in [1.54, 1.807) is 13.1 Å². The first-order valence-electron chi connectivity index (χ1n) is 11.0. The van der Waals surface area contributed by atoms with Crippen LogP contribution in [0.15, 0.2) is 52.0 Å². The lowest BCUT2D eigenvalue weighted by molar-refractivity contribution is 0.0805. The largest absolute Gasteiger partial charge is 0.381 e. The van der Waals surface area contributed by atoms with Crippen LogP contribution in [-0.2, 0) is 11.8 Å². The summed E-state index contributed by atoms with van der Waals surface area (Å²) in [7, 11) is 1.70. The van der Waals surface area contributed by atoms with E-state index in [9.17, 15) is 4.79 Å². The smallest absolute Gasteiger partial charge is 0.259 e. The Bertz CT molecular complexity index is 1250. The van der Waals surface area contributed by atoms with Gasteiger partial charge in [0.15, 0.2) is 5.76 Å². The Morgan fingerprint density at radius 3 is 2.64 bits per heavy atom. The molecule has 0 aliphatic carbocycles. The van der Waals surface area contributed by atoms with E-state index in [1.807, 2.05) is 38.1 Å². The van der Waals surface area contributed by atoms with Gasteiger partial charge in [0.25, 0.3) is 5.56 Å². The highest BCUT2D eigenvalue weighted by atomic mass is 16.5. The van der Waals surface area contributed by atoms with E-state index in [2.05, 4.69) is 22.4 Å². The lowest BCUT2D eigenvalue weighted by Gasteiger charge is -2.26. The van der Waals surface area contributed by atoms with Crippen LogP contribution < -0.4 is 16.2 Å². The lowest BCUT2D eigenvalue weighted by atomic mass is 9.97. The Labute approximate surface area is 192 Å². The normalized spacial score (nSPS) is 14.2. The molecule has 8 nitrogen and oxygen atoms in total. The molecule has 3 aromatic rings. The van der Waals surface area contributed by atoms with Crippen molar-refractivity contribution in [2.75, 3.05) is 18.5 Å². The zero-order chi connectivity index (χ0) is 23.5. The number of nitrogens with zero attached hydrogens (tertiary/aromatic N) is 2. The number of aromatic nitrogens is 2. The van der Waals surface area contributed by atoms with Crippen molar-refractivity contribution in [2.45, 2.75) is 32.7 Å². The van der Waals surface area contributed by atoms with Crippen molar-refractivity contribution in [3.63, 3.8) is 0 Å². The molecule has 1 aliphatic rings. The van der Waals surface area contributed by atoms with E-state index >= 15 is 0 Å². The van der Waals surface area contributed by atoms with Crippen LogP contribution >= 0.6 is 0 Å². The van der Waals surface area contributed by atoms with Gasteiger partial charge in [-0.2, -0.15) is 0 Å². The molecule has 0 unspecified atom stereocenters. The van der Waals surface area contributed by atoms with Gasteiger partial charge in [-0.3, -0.25) is 9.36 Å². The van der Waals surface area contributed by atoms with Crippen LogP contribution in [0.3, 0.4) is 0 Å². The van der Waals surface area contributed by atoms with Gasteiger partial charge in [-0.15, -0.1) is 0 Å². The van der Waals surface area contributed by atoms with Crippen molar-refractivity contribution in [3.05, 3.63) is 69.9 Å². The number of hydrogen-bond acceptors (Lipinski definition) is 7. The number of ether oxygens (including phenoxy) is 1. The van der Waals surface area contributed by atoms with Crippen LogP contribution in [0.2, 0.25) is 0 Å². The molecule has 0 atom stereocenters. The van der Waals surface area contributed by atoms with Crippen LogP contribution in [0.4, 0.5) is 5.82 Å². The molecular formula is C25H29N5O3. The van der Waals surface area contributed by atoms with Gasteiger partial charge in [-0.25, -0.2) is 0 Å². The summed E-state index contributed by atoms with van der Waals surface area (Å²) in [5.74, 6) is 1.75. The fraction of sp³-hybridized carbons (Fsp3) is 0.320. The number of benzene rings is 1. The summed E-state index contributed by atoms with van der Waals surface area (Å²) in [6.45, 7) is 9.32. The zero-order valence-corrected chi connectivity index (χ0v) is 19.2. The minimum atomic E-state index is -0.170. The molecule has 1 fully saturated rings. The van der Waals surface area contributed by atoms with E-state index in [4.69, 9.17) is 14.7 Å². The van der Waals surface area contributed by atoms with Crippen molar-refractivity contribution >= 4 is 12.0 Å². The van der Waals surface area contributed by atoms with Gasteiger partial charge < -0.3 is 25.3 Å². The Morgan fingerprint density at radius 2 is 1.97 bits per heavy atom. The van der Waals surface area contributed by atoms with E-state index in [1.165, 1.54) is 10.8 Å². The molecule has 8 heteroatoms. The summed E-state index contributed by atoms with van der Waals surface area (Å²) >= 11 is 0. The van der Waals surface area contributed by atoms with Gasteiger partial charge in [0.1, 0.15) is 5.82 Å². The molecule has 172 valence electrons. The zero-order valence-electron chi connectivity index (χ0n) is 19.2. The van der Waals surface area contributed by atoms with Gasteiger partial charge in [0.05, 0.1) is 11.5 Å². The predicted octanol–water partition coefficient (Wildman–Crippen LogP) is 3.97. The maximum Gasteiger partial charge on any atom is 0.259 e. The predicted molar refractivity (Wildman–Crippen MR) is 130 cm³/mol. The van der Waals surface area contributed by atoms with Crippen LogP contribution in [0, 0.1) is 19.3 Å². The van der Waals surface area contributed by atoms with Crippen molar-refractivity contribution in [2.24, 2.45) is 7.05 Å². The van der Waals surface area contributed by atoms with E-state index < -0.39 is 0 Å². The number of anilines is 1. The third-order valence-electron chi connectivity index (χ3n) is 5.91. The van der Waals surface area contributed by atoms with Gasteiger partial charge in [-0.1, -0.05) is 23.9 Å². The second-order valence-electron chi connectivity index (χ2n) is 8.37. The number of hydrogen-bond donors (Lipinski definition) is 3. The Kier molecular flexibility index (Phi) is 6.46. The summed E-state index contributed by atoms with van der Waals surface area (Å²) in [4.78, 5) is 13.4. The van der Waals surface area contributed by atoms with Crippen molar-refractivity contribution in [1.29, 1.82) is 5.41 Å². The monoisotopic (exact) mass is 447 g/mol. The third-order valence-corrected chi connectivity index (χ3v) is 5.91. The molecule has 0 saturated carbocycles. The fourth-order valence-corrected chi connectivity index (χ4v) is 4.05. The van der Waals surface area contributed by atoms with Gasteiger partial charge >= 0.3 is 0 Å². The minimum Gasteiger partial charge on any atom is -0.381 e. The molecule has 4 rings (SSSR count). The Balaban J connectivity index is 1.68. The molecule has 0 spiro atoms. The first-order valence-corrected chi connectivity index (χ1v) is 11.0. The minimum absolute atomic E-state index is 0.170. The molecule has 1 aliphatic heterocycles. The first-order chi connectivity index (χ1) is 15.9. The molecule has 2 aromatic heterocycles. The van der Waals surface area contributed by atoms with Crippen molar-refractivity contribution in [3.8, 4) is 22.5 Å². The molecule has 1 saturated heterocycles. The summed E-state index contributed by atoms with van der Waals surface area (Å²) in [6.07, 6.45) is 3.04. The summed E-state index contributed by atoms with van der Waals surface area (Å²) < 4.78 is 12.3. The SMILES string of the molecule is C=C(Nc1c(C=N)cc(-c2cc(-c3cc(C)no3)ccc2C)c(=O)n1C)NC1CCOCC1. The average molecular weight is 448 g/mol.